The first kappa shape index (κ1) is 14.3. The summed E-state index contributed by atoms with van der Waals surface area (Å²) in [7, 11) is 0.849. The molecule has 0 aliphatic rings. The van der Waals surface area contributed by atoms with E-state index in [1.165, 1.54) is 27.2 Å². The minimum atomic E-state index is 0.362. The summed E-state index contributed by atoms with van der Waals surface area (Å²) in [5.74, 6) is 0. The van der Waals surface area contributed by atoms with Gasteiger partial charge in [-0.2, -0.15) is 0 Å². The van der Waals surface area contributed by atoms with Crippen molar-refractivity contribution >= 4 is 24.7 Å². The Hall–Kier alpha value is -1.65. The smallest absolute Gasteiger partial charge is 0.0105 e. The summed E-state index contributed by atoms with van der Waals surface area (Å²) >= 11 is 0. The molecule has 0 aliphatic carbocycles. The fourth-order valence-corrected chi connectivity index (χ4v) is 3.84. The predicted molar refractivity (Wildman–Crippen MR) is 97.1 cm³/mol. The maximum Gasteiger partial charge on any atom is -0.0105 e. The molecule has 106 valence electrons. The van der Waals surface area contributed by atoms with Crippen molar-refractivity contribution in [2.45, 2.75) is 25.9 Å². The van der Waals surface area contributed by atoms with Crippen molar-refractivity contribution < 1.29 is 0 Å². The van der Waals surface area contributed by atoms with Crippen molar-refractivity contribution in [3.05, 3.63) is 66.7 Å². The van der Waals surface area contributed by atoms with Gasteiger partial charge in [0, 0.05) is 0 Å². The Labute approximate surface area is 129 Å². The first-order valence-electron chi connectivity index (χ1n) is 7.39. The van der Waals surface area contributed by atoms with Crippen molar-refractivity contribution in [3.63, 3.8) is 0 Å². The van der Waals surface area contributed by atoms with Crippen molar-refractivity contribution in [3.8, 4) is 11.1 Å². The largest absolute Gasteiger partial charge is 0.0849 e. The Morgan fingerprint density at radius 3 is 2.10 bits per heavy atom. The van der Waals surface area contributed by atoms with Gasteiger partial charge in [-0.25, -0.2) is 0 Å². The number of hydrogen-bond acceptors (Lipinski definition) is 0. The second kappa shape index (κ2) is 5.62. The van der Waals surface area contributed by atoms with Crippen LogP contribution in [0, 0.1) is 0 Å². The molecule has 0 nitrogen and oxygen atoms in total. The molecule has 0 fully saturated rings. The number of fused-ring (bicyclic) bond motifs is 1. The molecule has 3 aromatic rings. The molecule has 0 saturated carbocycles. The molecule has 21 heavy (non-hydrogen) atoms. The van der Waals surface area contributed by atoms with Gasteiger partial charge in [-0.1, -0.05) is 96.1 Å². The van der Waals surface area contributed by atoms with Crippen LogP contribution in [0.4, 0.5) is 0 Å². The topological polar surface area (TPSA) is 0 Å². The molecule has 0 heterocycles. The maximum absolute atomic E-state index is 2.30. The van der Waals surface area contributed by atoms with Crippen LogP contribution in [0.2, 0.25) is 0 Å². The zero-order valence-corrected chi connectivity index (χ0v) is 13.9. The average molecular weight is 292 g/mol. The van der Waals surface area contributed by atoms with Crippen LogP contribution in [0.1, 0.15) is 20.8 Å². The van der Waals surface area contributed by atoms with E-state index in [2.05, 4.69) is 87.5 Å². The fraction of sp³-hybridized carbons (Fsp3) is 0.200. The molecule has 1 atom stereocenters. The Morgan fingerprint density at radius 1 is 0.714 bits per heavy atom. The van der Waals surface area contributed by atoms with E-state index in [9.17, 15) is 0 Å². The second-order valence-electron chi connectivity index (χ2n) is 6.48. The van der Waals surface area contributed by atoms with Gasteiger partial charge >= 0.3 is 0 Å². The molecule has 0 N–H and O–H groups in total. The van der Waals surface area contributed by atoms with Crippen LogP contribution in [0.25, 0.3) is 21.9 Å². The summed E-state index contributed by atoms with van der Waals surface area (Å²) in [6.07, 6.45) is 0. The molecule has 1 heteroatoms. The molecule has 0 amide bonds. The van der Waals surface area contributed by atoms with Crippen LogP contribution in [0.5, 0.6) is 0 Å². The number of benzene rings is 3. The van der Waals surface area contributed by atoms with Crippen LogP contribution >= 0.6 is 8.58 Å². The Morgan fingerprint density at radius 2 is 1.38 bits per heavy atom. The molecule has 0 aliphatic heterocycles. The lowest BCUT2D eigenvalue weighted by molar-refractivity contribution is 0.799. The van der Waals surface area contributed by atoms with Gasteiger partial charge in [-0.05, 0) is 32.4 Å². The second-order valence-corrected chi connectivity index (χ2v) is 8.81. The third-order valence-electron chi connectivity index (χ3n) is 3.50. The van der Waals surface area contributed by atoms with Crippen LogP contribution in [-0.2, 0) is 0 Å². The molecular formula is C20H21P. The van der Waals surface area contributed by atoms with Crippen LogP contribution in [-0.4, -0.2) is 5.16 Å². The highest BCUT2D eigenvalue weighted by molar-refractivity contribution is 7.48. The van der Waals surface area contributed by atoms with Gasteiger partial charge in [0.05, 0.1) is 0 Å². The summed E-state index contributed by atoms with van der Waals surface area (Å²) in [6.45, 7) is 6.89. The summed E-state index contributed by atoms with van der Waals surface area (Å²) in [4.78, 5) is 0. The predicted octanol–water partition coefficient (Wildman–Crippen LogP) is 5.61. The molecule has 1 unspecified atom stereocenters. The lowest BCUT2D eigenvalue weighted by Crippen LogP contribution is -2.10. The van der Waals surface area contributed by atoms with Gasteiger partial charge in [0.2, 0.25) is 0 Å². The highest BCUT2D eigenvalue weighted by Gasteiger charge is 2.11. The van der Waals surface area contributed by atoms with E-state index in [1.807, 2.05) is 0 Å². The molecule has 0 saturated heterocycles. The standard InChI is InChI=1S/C20H21P/c1-20(2,3)21-17-13-11-16(12-14-17)19-10-6-8-15-7-4-5-9-18(15)19/h4-14,21H,1-3H3. The Kier molecular flexibility index (Phi) is 3.83. The van der Waals surface area contributed by atoms with Gasteiger partial charge in [-0.3, -0.25) is 0 Å². The zero-order chi connectivity index (χ0) is 14.9. The first-order chi connectivity index (χ1) is 10.0. The summed E-state index contributed by atoms with van der Waals surface area (Å²) < 4.78 is 0. The van der Waals surface area contributed by atoms with Crippen molar-refractivity contribution in [1.29, 1.82) is 0 Å². The fourth-order valence-electron chi connectivity index (χ4n) is 2.64. The van der Waals surface area contributed by atoms with E-state index < -0.39 is 0 Å². The highest BCUT2D eigenvalue weighted by atomic mass is 31.1. The third kappa shape index (κ3) is 3.34. The lowest BCUT2D eigenvalue weighted by Gasteiger charge is -2.18. The molecule has 0 radical (unpaired) electrons. The van der Waals surface area contributed by atoms with E-state index in [-0.39, 0.29) is 0 Å². The minimum Gasteiger partial charge on any atom is -0.0849 e. The molecule has 3 rings (SSSR count). The summed E-state index contributed by atoms with van der Waals surface area (Å²) in [5.41, 5.74) is 2.62. The van der Waals surface area contributed by atoms with Gasteiger partial charge in [0.1, 0.15) is 0 Å². The van der Waals surface area contributed by atoms with Gasteiger partial charge < -0.3 is 0 Å². The van der Waals surface area contributed by atoms with Crippen molar-refractivity contribution in [2.24, 2.45) is 0 Å². The van der Waals surface area contributed by atoms with E-state index in [0.717, 1.165) is 8.58 Å². The first-order valence-corrected chi connectivity index (χ1v) is 8.39. The van der Waals surface area contributed by atoms with E-state index >= 15 is 0 Å². The summed E-state index contributed by atoms with van der Waals surface area (Å²) in [5, 5.41) is 4.43. The van der Waals surface area contributed by atoms with Gasteiger partial charge in [0.25, 0.3) is 0 Å². The van der Waals surface area contributed by atoms with Crippen molar-refractivity contribution in [1.82, 2.24) is 0 Å². The van der Waals surface area contributed by atoms with E-state index in [4.69, 9.17) is 0 Å². The third-order valence-corrected chi connectivity index (χ3v) is 4.88. The van der Waals surface area contributed by atoms with E-state index in [0.29, 0.717) is 5.16 Å². The zero-order valence-electron chi connectivity index (χ0n) is 12.9. The van der Waals surface area contributed by atoms with Crippen LogP contribution in [0.3, 0.4) is 0 Å². The maximum atomic E-state index is 2.30. The minimum absolute atomic E-state index is 0.362. The van der Waals surface area contributed by atoms with Crippen molar-refractivity contribution in [2.75, 3.05) is 0 Å². The molecule has 3 aromatic carbocycles. The molecule has 0 spiro atoms. The van der Waals surface area contributed by atoms with Crippen LogP contribution < -0.4 is 5.30 Å². The normalized spacial score (nSPS) is 12.3. The monoisotopic (exact) mass is 292 g/mol. The lowest BCUT2D eigenvalue weighted by atomic mass is 9.98. The summed E-state index contributed by atoms with van der Waals surface area (Å²) in [6, 6.07) is 24.2. The van der Waals surface area contributed by atoms with Gasteiger partial charge in [0.15, 0.2) is 0 Å². The number of rotatable bonds is 2. The Balaban J connectivity index is 2.00. The molecule has 0 aromatic heterocycles. The Bertz CT molecular complexity index is 743. The van der Waals surface area contributed by atoms with Gasteiger partial charge in [-0.15, -0.1) is 0 Å². The molecular weight excluding hydrogens is 271 g/mol. The highest BCUT2D eigenvalue weighted by Crippen LogP contribution is 2.32. The van der Waals surface area contributed by atoms with E-state index in [1.54, 1.807) is 0 Å². The average Bonchev–Trinajstić information content (AvgIpc) is 2.46. The van der Waals surface area contributed by atoms with Crippen LogP contribution in [0.15, 0.2) is 66.7 Å². The number of hydrogen-bond donors (Lipinski definition) is 0. The molecule has 0 bridgehead atoms. The quantitative estimate of drug-likeness (QED) is 0.539. The SMILES string of the molecule is CC(C)(C)Pc1ccc(-c2cccc3ccccc23)cc1.